The minimum atomic E-state index is -0.887. The van der Waals surface area contributed by atoms with Crippen molar-refractivity contribution in [2.75, 3.05) is 11.9 Å². The molecule has 0 radical (unpaired) electrons. The van der Waals surface area contributed by atoms with Gasteiger partial charge in [-0.05, 0) is 43.2 Å². The predicted octanol–water partition coefficient (Wildman–Crippen LogP) is 3.72. The zero-order valence-electron chi connectivity index (χ0n) is 12.4. The number of rotatable bonds is 7. The molecule has 1 heterocycles. The van der Waals surface area contributed by atoms with Gasteiger partial charge in [0.2, 0.25) is 0 Å². The quantitative estimate of drug-likeness (QED) is 0.796. The molecule has 110 valence electrons. The van der Waals surface area contributed by atoms with Gasteiger partial charge in [-0.15, -0.1) is 0 Å². The molecule has 0 unspecified atom stereocenters. The number of aromatic carboxylic acids is 1. The largest absolute Gasteiger partial charge is 0.478 e. The van der Waals surface area contributed by atoms with Crippen molar-refractivity contribution in [1.29, 1.82) is 0 Å². The summed E-state index contributed by atoms with van der Waals surface area (Å²) in [6, 6.07) is 3.32. The van der Waals surface area contributed by atoms with Gasteiger partial charge < -0.3 is 10.4 Å². The van der Waals surface area contributed by atoms with E-state index in [1.165, 1.54) is 25.7 Å². The minimum absolute atomic E-state index is 0.324. The summed E-state index contributed by atoms with van der Waals surface area (Å²) in [5.41, 5.74) is 1.57. The highest BCUT2D eigenvalue weighted by Gasteiger charge is 2.34. The Balaban J connectivity index is 2.11. The van der Waals surface area contributed by atoms with E-state index in [1.54, 1.807) is 12.1 Å². The normalized spacial score (nSPS) is 16.5. The van der Waals surface area contributed by atoms with Gasteiger partial charge in [-0.25, -0.2) is 9.78 Å². The Morgan fingerprint density at radius 1 is 1.40 bits per heavy atom. The summed E-state index contributed by atoms with van der Waals surface area (Å²) < 4.78 is 0. The summed E-state index contributed by atoms with van der Waals surface area (Å²) in [6.45, 7) is 5.19. The summed E-state index contributed by atoms with van der Waals surface area (Å²) in [5.74, 6) is -0.185. The molecule has 0 aromatic carbocycles. The van der Waals surface area contributed by atoms with Crippen LogP contribution in [0.25, 0.3) is 0 Å². The summed E-state index contributed by atoms with van der Waals surface area (Å²) in [7, 11) is 0. The molecule has 0 amide bonds. The SMILES string of the molecule is CCCc1cc(C(=O)O)cc(NCC2(CC)CCC2)n1. The van der Waals surface area contributed by atoms with Crippen LogP contribution in [-0.2, 0) is 6.42 Å². The van der Waals surface area contributed by atoms with Crippen molar-refractivity contribution < 1.29 is 9.90 Å². The van der Waals surface area contributed by atoms with Crippen molar-refractivity contribution in [3.8, 4) is 0 Å². The summed E-state index contributed by atoms with van der Waals surface area (Å²) >= 11 is 0. The lowest BCUT2D eigenvalue weighted by atomic mass is 9.67. The van der Waals surface area contributed by atoms with E-state index in [2.05, 4.69) is 24.1 Å². The van der Waals surface area contributed by atoms with Crippen molar-refractivity contribution in [2.45, 2.75) is 52.4 Å². The molecule has 20 heavy (non-hydrogen) atoms. The van der Waals surface area contributed by atoms with Crippen LogP contribution < -0.4 is 5.32 Å². The fourth-order valence-electron chi connectivity index (χ4n) is 2.80. The zero-order chi connectivity index (χ0) is 14.6. The molecule has 1 saturated carbocycles. The van der Waals surface area contributed by atoms with Gasteiger partial charge in [0.1, 0.15) is 5.82 Å². The van der Waals surface area contributed by atoms with Crippen LogP contribution in [0.4, 0.5) is 5.82 Å². The number of nitrogens with zero attached hydrogens (tertiary/aromatic N) is 1. The van der Waals surface area contributed by atoms with E-state index in [0.717, 1.165) is 25.1 Å². The first-order valence-electron chi connectivity index (χ1n) is 7.57. The van der Waals surface area contributed by atoms with E-state index >= 15 is 0 Å². The van der Waals surface area contributed by atoms with Gasteiger partial charge in [0.25, 0.3) is 0 Å². The van der Waals surface area contributed by atoms with E-state index in [9.17, 15) is 9.90 Å². The lowest BCUT2D eigenvalue weighted by Gasteiger charge is -2.41. The highest BCUT2D eigenvalue weighted by molar-refractivity contribution is 5.88. The summed E-state index contributed by atoms with van der Waals surface area (Å²) in [5, 5.41) is 12.5. The minimum Gasteiger partial charge on any atom is -0.478 e. The van der Waals surface area contributed by atoms with Crippen molar-refractivity contribution in [2.24, 2.45) is 5.41 Å². The van der Waals surface area contributed by atoms with Crippen LogP contribution in [0.2, 0.25) is 0 Å². The molecule has 1 aliphatic rings. The Hall–Kier alpha value is -1.58. The van der Waals surface area contributed by atoms with Gasteiger partial charge in [0.15, 0.2) is 0 Å². The lowest BCUT2D eigenvalue weighted by molar-refractivity contribution is 0.0696. The molecular weight excluding hydrogens is 252 g/mol. The van der Waals surface area contributed by atoms with Crippen molar-refractivity contribution in [3.63, 3.8) is 0 Å². The molecular formula is C16H24N2O2. The number of carboxylic acids is 1. The number of aryl methyl sites for hydroxylation is 1. The van der Waals surface area contributed by atoms with Crippen LogP contribution in [0.3, 0.4) is 0 Å². The standard InChI is InChI=1S/C16H24N2O2/c1-3-6-13-9-12(15(19)20)10-14(18-13)17-11-16(4-2)7-5-8-16/h9-10H,3-8,11H2,1-2H3,(H,17,18)(H,19,20). The molecule has 2 rings (SSSR count). The second kappa shape index (κ2) is 6.25. The maximum Gasteiger partial charge on any atom is 0.335 e. The molecule has 0 saturated heterocycles. The van der Waals surface area contributed by atoms with E-state index in [-0.39, 0.29) is 0 Å². The lowest BCUT2D eigenvalue weighted by Crippen LogP contribution is -2.36. The molecule has 4 heteroatoms. The van der Waals surface area contributed by atoms with Crippen LogP contribution >= 0.6 is 0 Å². The molecule has 0 aliphatic heterocycles. The maximum absolute atomic E-state index is 11.2. The number of pyridine rings is 1. The number of anilines is 1. The predicted molar refractivity (Wildman–Crippen MR) is 80.3 cm³/mol. The highest BCUT2D eigenvalue weighted by atomic mass is 16.4. The molecule has 1 aliphatic carbocycles. The number of hydrogen-bond donors (Lipinski definition) is 2. The van der Waals surface area contributed by atoms with Gasteiger partial charge in [-0.2, -0.15) is 0 Å². The molecule has 0 spiro atoms. The fraction of sp³-hybridized carbons (Fsp3) is 0.625. The zero-order valence-corrected chi connectivity index (χ0v) is 12.4. The topological polar surface area (TPSA) is 62.2 Å². The maximum atomic E-state index is 11.2. The molecule has 4 nitrogen and oxygen atoms in total. The molecule has 2 N–H and O–H groups in total. The van der Waals surface area contributed by atoms with Gasteiger partial charge in [-0.1, -0.05) is 26.7 Å². The Kier molecular flexibility index (Phi) is 4.63. The van der Waals surface area contributed by atoms with E-state index < -0.39 is 5.97 Å². The molecule has 0 atom stereocenters. The Morgan fingerprint density at radius 3 is 2.65 bits per heavy atom. The molecule has 1 aromatic heterocycles. The van der Waals surface area contributed by atoms with E-state index in [0.29, 0.717) is 16.8 Å². The average Bonchev–Trinajstić information content (AvgIpc) is 2.38. The highest BCUT2D eigenvalue weighted by Crippen LogP contribution is 2.43. The first-order chi connectivity index (χ1) is 9.58. The first-order valence-corrected chi connectivity index (χ1v) is 7.57. The smallest absolute Gasteiger partial charge is 0.335 e. The van der Waals surface area contributed by atoms with E-state index in [4.69, 9.17) is 0 Å². The number of carbonyl (C=O) groups is 1. The van der Waals surface area contributed by atoms with Crippen LogP contribution in [0.1, 0.15) is 62.0 Å². The molecule has 1 fully saturated rings. The Morgan fingerprint density at radius 2 is 2.15 bits per heavy atom. The van der Waals surface area contributed by atoms with Crippen molar-refractivity contribution in [1.82, 2.24) is 4.98 Å². The second-order valence-corrected chi connectivity index (χ2v) is 5.85. The number of carboxylic acid groups (broad SMARTS) is 1. The Labute approximate surface area is 120 Å². The number of aromatic nitrogens is 1. The summed E-state index contributed by atoms with van der Waals surface area (Å²) in [6.07, 6.45) is 6.77. The van der Waals surface area contributed by atoms with Crippen LogP contribution in [0, 0.1) is 5.41 Å². The number of hydrogen-bond acceptors (Lipinski definition) is 3. The van der Waals surface area contributed by atoms with Gasteiger partial charge in [-0.3, -0.25) is 0 Å². The van der Waals surface area contributed by atoms with Gasteiger partial charge in [0.05, 0.1) is 5.56 Å². The van der Waals surface area contributed by atoms with Gasteiger partial charge in [0, 0.05) is 12.2 Å². The third kappa shape index (κ3) is 3.30. The van der Waals surface area contributed by atoms with Crippen LogP contribution in [0.5, 0.6) is 0 Å². The second-order valence-electron chi connectivity index (χ2n) is 5.85. The monoisotopic (exact) mass is 276 g/mol. The van der Waals surface area contributed by atoms with Crippen LogP contribution in [0.15, 0.2) is 12.1 Å². The first kappa shape index (κ1) is 14.8. The number of nitrogens with one attached hydrogen (secondary N) is 1. The van der Waals surface area contributed by atoms with E-state index in [1.807, 2.05) is 0 Å². The Bertz CT molecular complexity index is 476. The third-order valence-electron chi connectivity index (χ3n) is 4.44. The molecule has 1 aromatic rings. The summed E-state index contributed by atoms with van der Waals surface area (Å²) in [4.78, 5) is 15.7. The average molecular weight is 276 g/mol. The van der Waals surface area contributed by atoms with Gasteiger partial charge >= 0.3 is 5.97 Å². The molecule has 0 bridgehead atoms. The third-order valence-corrected chi connectivity index (χ3v) is 4.44. The fourth-order valence-corrected chi connectivity index (χ4v) is 2.80. The van der Waals surface area contributed by atoms with Crippen molar-refractivity contribution in [3.05, 3.63) is 23.4 Å². The van der Waals surface area contributed by atoms with Crippen LogP contribution in [-0.4, -0.2) is 22.6 Å². The van der Waals surface area contributed by atoms with Crippen molar-refractivity contribution >= 4 is 11.8 Å².